The van der Waals surface area contributed by atoms with Crippen LogP contribution in [0.4, 0.5) is 5.69 Å². The standard InChI is InChI=1S/C22H26N2O7S/c1-23(15-16-4-7-18(8-5-16)24-10-12-31-13-11-24)32(27,28)20-14-17(21(25)29-2)6-9-19(20)22(26)30-3/h4-9,14H,10-13,15H2,1-3H3. The van der Waals surface area contributed by atoms with Crippen molar-refractivity contribution < 1.29 is 32.2 Å². The predicted molar refractivity (Wildman–Crippen MR) is 117 cm³/mol. The summed E-state index contributed by atoms with van der Waals surface area (Å²) in [6, 6.07) is 11.3. The van der Waals surface area contributed by atoms with Gasteiger partial charge in [-0.15, -0.1) is 0 Å². The number of carbonyl (C=O) groups excluding carboxylic acids is 2. The molecule has 2 aromatic rings. The van der Waals surface area contributed by atoms with E-state index in [0.717, 1.165) is 41.8 Å². The van der Waals surface area contributed by atoms with Crippen molar-refractivity contribution in [2.24, 2.45) is 0 Å². The number of nitrogens with zero attached hydrogens (tertiary/aromatic N) is 2. The van der Waals surface area contributed by atoms with Crippen LogP contribution in [0.3, 0.4) is 0 Å². The summed E-state index contributed by atoms with van der Waals surface area (Å²) in [6.07, 6.45) is 0. The first-order valence-electron chi connectivity index (χ1n) is 9.96. The second kappa shape index (κ2) is 10.1. The third-order valence-corrected chi connectivity index (χ3v) is 7.06. The lowest BCUT2D eigenvalue weighted by Crippen LogP contribution is -2.36. The number of rotatable bonds is 7. The number of esters is 2. The van der Waals surface area contributed by atoms with Crippen LogP contribution in [-0.2, 0) is 30.8 Å². The number of methoxy groups -OCH3 is 2. The van der Waals surface area contributed by atoms with Crippen molar-refractivity contribution in [3.05, 3.63) is 59.2 Å². The molecule has 2 aromatic carbocycles. The number of carbonyl (C=O) groups is 2. The Kier molecular flexibility index (Phi) is 7.49. The normalized spacial score (nSPS) is 14.3. The van der Waals surface area contributed by atoms with E-state index in [1.54, 1.807) is 0 Å². The SMILES string of the molecule is COC(=O)c1ccc(C(=O)OC)c(S(=O)(=O)N(C)Cc2ccc(N3CCOCC3)cc2)c1. The molecule has 172 valence electrons. The molecule has 3 rings (SSSR count). The highest BCUT2D eigenvalue weighted by atomic mass is 32.2. The van der Waals surface area contributed by atoms with Gasteiger partial charge in [0.25, 0.3) is 0 Å². The lowest BCUT2D eigenvalue weighted by Gasteiger charge is -2.29. The maximum Gasteiger partial charge on any atom is 0.339 e. The number of hydrogen-bond donors (Lipinski definition) is 0. The minimum atomic E-state index is -4.12. The molecule has 0 bridgehead atoms. The van der Waals surface area contributed by atoms with Gasteiger partial charge in [-0.25, -0.2) is 18.0 Å². The number of morpholine rings is 1. The first-order valence-corrected chi connectivity index (χ1v) is 11.4. The Labute approximate surface area is 187 Å². The van der Waals surface area contributed by atoms with Crippen molar-refractivity contribution in [1.29, 1.82) is 0 Å². The van der Waals surface area contributed by atoms with Crippen LogP contribution in [0.1, 0.15) is 26.3 Å². The van der Waals surface area contributed by atoms with E-state index in [1.165, 1.54) is 26.3 Å². The third kappa shape index (κ3) is 5.09. The summed E-state index contributed by atoms with van der Waals surface area (Å²) < 4.78 is 42.5. The molecule has 10 heteroatoms. The van der Waals surface area contributed by atoms with Gasteiger partial charge < -0.3 is 19.1 Å². The zero-order valence-electron chi connectivity index (χ0n) is 18.2. The first kappa shape index (κ1) is 23.7. The van der Waals surface area contributed by atoms with Gasteiger partial charge in [-0.05, 0) is 35.9 Å². The molecular formula is C22H26N2O7S. The van der Waals surface area contributed by atoms with Crippen molar-refractivity contribution in [3.8, 4) is 0 Å². The molecule has 0 aromatic heterocycles. The Morgan fingerprint density at radius 1 is 1.00 bits per heavy atom. The van der Waals surface area contributed by atoms with Crippen molar-refractivity contribution in [3.63, 3.8) is 0 Å². The fourth-order valence-electron chi connectivity index (χ4n) is 3.40. The molecule has 0 amide bonds. The van der Waals surface area contributed by atoms with Crippen LogP contribution in [0.15, 0.2) is 47.4 Å². The van der Waals surface area contributed by atoms with Crippen LogP contribution >= 0.6 is 0 Å². The van der Waals surface area contributed by atoms with E-state index in [1.807, 2.05) is 24.3 Å². The van der Waals surface area contributed by atoms with Crippen molar-refractivity contribution in [2.45, 2.75) is 11.4 Å². The minimum Gasteiger partial charge on any atom is -0.465 e. The number of anilines is 1. The first-order chi connectivity index (χ1) is 15.3. The maximum absolute atomic E-state index is 13.3. The fourth-order valence-corrected chi connectivity index (χ4v) is 4.76. The predicted octanol–water partition coefficient (Wildman–Crippen LogP) is 1.92. The Morgan fingerprint density at radius 3 is 2.22 bits per heavy atom. The summed E-state index contributed by atoms with van der Waals surface area (Å²) in [4.78, 5) is 26.0. The lowest BCUT2D eigenvalue weighted by molar-refractivity contribution is 0.0583. The molecule has 0 saturated carbocycles. The summed E-state index contributed by atoms with van der Waals surface area (Å²) in [5, 5.41) is 0. The third-order valence-electron chi connectivity index (χ3n) is 5.21. The Balaban J connectivity index is 1.86. The number of benzene rings is 2. The van der Waals surface area contributed by atoms with E-state index in [-0.39, 0.29) is 22.6 Å². The quantitative estimate of drug-likeness (QED) is 0.575. The molecule has 0 radical (unpaired) electrons. The van der Waals surface area contributed by atoms with Crippen LogP contribution in [0.5, 0.6) is 0 Å². The summed E-state index contributed by atoms with van der Waals surface area (Å²) in [5.41, 5.74) is 1.68. The molecule has 1 saturated heterocycles. The van der Waals surface area contributed by atoms with Crippen LogP contribution in [0, 0.1) is 0 Å². The van der Waals surface area contributed by atoms with Crippen LogP contribution < -0.4 is 4.90 Å². The van der Waals surface area contributed by atoms with Crippen molar-refractivity contribution in [1.82, 2.24) is 4.31 Å². The maximum atomic E-state index is 13.3. The van der Waals surface area contributed by atoms with Crippen LogP contribution in [-0.4, -0.2) is 72.2 Å². The van der Waals surface area contributed by atoms with Gasteiger partial charge in [0.1, 0.15) is 0 Å². The Hall–Kier alpha value is -2.95. The highest BCUT2D eigenvalue weighted by Crippen LogP contribution is 2.25. The van der Waals surface area contributed by atoms with Gasteiger partial charge >= 0.3 is 11.9 Å². The molecule has 0 atom stereocenters. The summed E-state index contributed by atoms with van der Waals surface area (Å²) >= 11 is 0. The van der Waals surface area contributed by atoms with Crippen LogP contribution in [0.25, 0.3) is 0 Å². The monoisotopic (exact) mass is 462 g/mol. The second-order valence-electron chi connectivity index (χ2n) is 7.22. The van der Waals surface area contributed by atoms with Gasteiger partial charge in [0.2, 0.25) is 10.0 Å². The molecule has 1 aliphatic heterocycles. The highest BCUT2D eigenvalue weighted by molar-refractivity contribution is 7.89. The highest BCUT2D eigenvalue weighted by Gasteiger charge is 2.29. The molecular weight excluding hydrogens is 436 g/mol. The number of ether oxygens (including phenoxy) is 3. The molecule has 1 fully saturated rings. The summed E-state index contributed by atoms with van der Waals surface area (Å²) in [6.45, 7) is 3.04. The topological polar surface area (TPSA) is 102 Å². The minimum absolute atomic E-state index is 0.0157. The zero-order chi connectivity index (χ0) is 23.3. The van der Waals surface area contributed by atoms with E-state index >= 15 is 0 Å². The van der Waals surface area contributed by atoms with E-state index < -0.39 is 22.0 Å². The fraction of sp³-hybridized carbons (Fsp3) is 0.364. The van der Waals surface area contributed by atoms with E-state index in [2.05, 4.69) is 9.64 Å². The second-order valence-corrected chi connectivity index (χ2v) is 9.23. The average Bonchev–Trinajstić information content (AvgIpc) is 2.83. The molecule has 0 unspecified atom stereocenters. The van der Waals surface area contributed by atoms with Crippen LogP contribution in [0.2, 0.25) is 0 Å². The summed E-state index contributed by atoms with van der Waals surface area (Å²) in [7, 11) is -0.355. The smallest absolute Gasteiger partial charge is 0.339 e. The van der Waals surface area contributed by atoms with Gasteiger partial charge in [0, 0.05) is 32.4 Å². The lowest BCUT2D eigenvalue weighted by atomic mass is 10.1. The van der Waals surface area contributed by atoms with E-state index in [0.29, 0.717) is 13.2 Å². The zero-order valence-corrected chi connectivity index (χ0v) is 19.1. The van der Waals surface area contributed by atoms with Gasteiger partial charge in [-0.3, -0.25) is 0 Å². The van der Waals surface area contributed by atoms with Gasteiger partial charge in [-0.2, -0.15) is 4.31 Å². The summed E-state index contributed by atoms with van der Waals surface area (Å²) in [5.74, 6) is -1.53. The van der Waals surface area contributed by atoms with Crippen molar-refractivity contribution >= 4 is 27.6 Å². The molecule has 32 heavy (non-hydrogen) atoms. The average molecular weight is 463 g/mol. The van der Waals surface area contributed by atoms with Gasteiger partial charge in [0.05, 0.1) is 43.5 Å². The molecule has 0 spiro atoms. The largest absolute Gasteiger partial charge is 0.465 e. The van der Waals surface area contributed by atoms with Gasteiger partial charge in [-0.1, -0.05) is 12.1 Å². The number of hydrogen-bond acceptors (Lipinski definition) is 8. The molecule has 9 nitrogen and oxygen atoms in total. The van der Waals surface area contributed by atoms with Crippen molar-refractivity contribution in [2.75, 3.05) is 52.5 Å². The molecule has 0 N–H and O–H groups in total. The molecule has 1 heterocycles. The van der Waals surface area contributed by atoms with E-state index in [4.69, 9.17) is 9.47 Å². The molecule has 1 aliphatic rings. The van der Waals surface area contributed by atoms with Gasteiger partial charge in [0.15, 0.2) is 0 Å². The Morgan fingerprint density at radius 2 is 1.62 bits per heavy atom. The molecule has 0 aliphatic carbocycles. The van der Waals surface area contributed by atoms with E-state index in [9.17, 15) is 18.0 Å². The Bertz CT molecular complexity index is 1080. The number of sulfonamides is 1.